The van der Waals surface area contributed by atoms with Gasteiger partial charge in [0.15, 0.2) is 0 Å². The third-order valence-electron chi connectivity index (χ3n) is 6.07. The van der Waals surface area contributed by atoms with E-state index in [1.54, 1.807) is 0 Å². The van der Waals surface area contributed by atoms with Gasteiger partial charge in [-0.3, -0.25) is 0 Å². The topological polar surface area (TPSA) is 4.93 Å². The lowest BCUT2D eigenvalue weighted by atomic mass is 10.0. The third kappa shape index (κ3) is 3.10. The van der Waals surface area contributed by atoms with Gasteiger partial charge in [0.25, 0.3) is 0 Å². The lowest BCUT2D eigenvalue weighted by molar-refractivity contribution is 1.18. The summed E-state index contributed by atoms with van der Waals surface area (Å²) in [6.07, 6.45) is 0. The fraction of sp³-hybridized carbons (Fsp3) is 0. The largest absolute Gasteiger partial charge is 0.309 e. The standard InChI is InChI=1S/C30H20ClN/c31-24-16-19-29-28(20-24)27-13-7-12-26(23-10-5-2-6-11-23)30(27)32(29)25-17-14-22(15-18-25)21-8-3-1-4-9-21/h1-20H. The van der Waals surface area contributed by atoms with E-state index < -0.39 is 0 Å². The highest BCUT2D eigenvalue weighted by molar-refractivity contribution is 6.32. The minimum atomic E-state index is 0.751. The normalized spacial score (nSPS) is 11.3. The smallest absolute Gasteiger partial charge is 0.0619 e. The number of benzene rings is 5. The average Bonchev–Trinajstić information content (AvgIpc) is 3.19. The Labute approximate surface area is 192 Å². The van der Waals surface area contributed by atoms with Crippen molar-refractivity contribution in [2.45, 2.75) is 0 Å². The summed E-state index contributed by atoms with van der Waals surface area (Å²) in [5.74, 6) is 0. The van der Waals surface area contributed by atoms with Crippen molar-refractivity contribution in [2.75, 3.05) is 0 Å². The molecule has 0 aliphatic rings. The molecule has 5 aromatic carbocycles. The Morgan fingerprint density at radius 1 is 0.500 bits per heavy atom. The molecule has 0 aliphatic heterocycles. The Morgan fingerprint density at radius 3 is 1.88 bits per heavy atom. The van der Waals surface area contributed by atoms with E-state index in [0.717, 1.165) is 21.6 Å². The van der Waals surface area contributed by atoms with E-state index in [0.29, 0.717) is 0 Å². The maximum atomic E-state index is 6.41. The summed E-state index contributed by atoms with van der Waals surface area (Å²) in [4.78, 5) is 0. The van der Waals surface area contributed by atoms with Crippen LogP contribution in [0.5, 0.6) is 0 Å². The van der Waals surface area contributed by atoms with Crippen molar-refractivity contribution < 1.29 is 0 Å². The van der Waals surface area contributed by atoms with Crippen LogP contribution in [-0.2, 0) is 0 Å². The SMILES string of the molecule is Clc1ccc2c(c1)c1cccc(-c3ccccc3)c1n2-c1ccc(-c2ccccc2)cc1. The van der Waals surface area contributed by atoms with Crippen molar-refractivity contribution in [1.29, 1.82) is 0 Å². The molecule has 6 aromatic rings. The molecule has 0 radical (unpaired) electrons. The number of hydrogen-bond acceptors (Lipinski definition) is 0. The number of aromatic nitrogens is 1. The van der Waals surface area contributed by atoms with Crippen LogP contribution in [0.1, 0.15) is 0 Å². The summed E-state index contributed by atoms with van der Waals surface area (Å²) in [7, 11) is 0. The maximum Gasteiger partial charge on any atom is 0.0619 e. The Hall–Kier alpha value is -3.81. The van der Waals surface area contributed by atoms with Gasteiger partial charge in [-0.25, -0.2) is 0 Å². The molecule has 6 rings (SSSR count). The van der Waals surface area contributed by atoms with Gasteiger partial charge in [0, 0.05) is 27.0 Å². The summed E-state index contributed by atoms with van der Waals surface area (Å²) in [5, 5.41) is 3.12. The molecular weight excluding hydrogens is 410 g/mol. The van der Waals surface area contributed by atoms with Crippen molar-refractivity contribution in [3.8, 4) is 27.9 Å². The molecule has 0 amide bonds. The van der Waals surface area contributed by atoms with Gasteiger partial charge >= 0.3 is 0 Å². The number of para-hydroxylation sites is 1. The predicted octanol–water partition coefficient (Wildman–Crippen LogP) is 8.77. The number of hydrogen-bond donors (Lipinski definition) is 0. The quantitative estimate of drug-likeness (QED) is 0.265. The molecule has 1 aromatic heterocycles. The van der Waals surface area contributed by atoms with Crippen LogP contribution in [0.2, 0.25) is 5.02 Å². The van der Waals surface area contributed by atoms with Gasteiger partial charge in [0.05, 0.1) is 11.0 Å². The molecule has 0 saturated heterocycles. The van der Waals surface area contributed by atoms with Crippen molar-refractivity contribution in [1.82, 2.24) is 4.57 Å². The van der Waals surface area contributed by atoms with Gasteiger partial charge in [-0.1, -0.05) is 103 Å². The second-order valence-electron chi connectivity index (χ2n) is 7.98. The van der Waals surface area contributed by atoms with Crippen LogP contribution >= 0.6 is 11.6 Å². The van der Waals surface area contributed by atoms with E-state index in [4.69, 9.17) is 11.6 Å². The zero-order chi connectivity index (χ0) is 21.5. The first kappa shape index (κ1) is 18.9. The lowest BCUT2D eigenvalue weighted by Gasteiger charge is -2.12. The van der Waals surface area contributed by atoms with Gasteiger partial charge < -0.3 is 4.57 Å². The molecule has 1 heterocycles. The zero-order valence-corrected chi connectivity index (χ0v) is 18.1. The van der Waals surface area contributed by atoms with Crippen LogP contribution in [0.15, 0.2) is 121 Å². The molecule has 0 N–H and O–H groups in total. The van der Waals surface area contributed by atoms with E-state index in [2.05, 4.69) is 114 Å². The van der Waals surface area contributed by atoms with Crippen LogP contribution < -0.4 is 0 Å². The van der Waals surface area contributed by atoms with E-state index in [1.165, 1.54) is 33.2 Å². The minimum absolute atomic E-state index is 0.751. The van der Waals surface area contributed by atoms with Gasteiger partial charge in [0.1, 0.15) is 0 Å². The van der Waals surface area contributed by atoms with Crippen LogP contribution in [0.25, 0.3) is 49.7 Å². The minimum Gasteiger partial charge on any atom is -0.309 e. The summed E-state index contributed by atoms with van der Waals surface area (Å²) < 4.78 is 2.36. The summed E-state index contributed by atoms with van der Waals surface area (Å²) >= 11 is 6.41. The molecule has 0 aliphatic carbocycles. The Bertz CT molecular complexity index is 1550. The number of fused-ring (bicyclic) bond motifs is 3. The Morgan fingerprint density at radius 2 is 1.16 bits per heavy atom. The molecule has 0 atom stereocenters. The number of rotatable bonds is 3. The van der Waals surface area contributed by atoms with E-state index in [1.807, 2.05) is 12.1 Å². The molecule has 0 unspecified atom stereocenters. The average molecular weight is 430 g/mol. The first-order valence-corrected chi connectivity index (χ1v) is 11.1. The molecule has 1 nitrogen and oxygen atoms in total. The highest BCUT2D eigenvalue weighted by atomic mass is 35.5. The molecule has 0 saturated carbocycles. The second kappa shape index (κ2) is 7.71. The predicted molar refractivity (Wildman–Crippen MR) is 137 cm³/mol. The first-order chi connectivity index (χ1) is 15.8. The summed E-state index contributed by atoms with van der Waals surface area (Å²) in [6.45, 7) is 0. The van der Waals surface area contributed by atoms with Crippen LogP contribution in [-0.4, -0.2) is 4.57 Å². The molecule has 0 spiro atoms. The van der Waals surface area contributed by atoms with Gasteiger partial charge in [-0.05, 0) is 47.0 Å². The molecule has 0 fully saturated rings. The Balaban J connectivity index is 1.65. The second-order valence-corrected chi connectivity index (χ2v) is 8.41. The van der Waals surface area contributed by atoms with Gasteiger partial charge in [0.2, 0.25) is 0 Å². The summed E-state index contributed by atoms with van der Waals surface area (Å²) in [6, 6.07) is 42.6. The van der Waals surface area contributed by atoms with Crippen LogP contribution in [0.3, 0.4) is 0 Å². The maximum absolute atomic E-state index is 6.41. The number of nitrogens with zero attached hydrogens (tertiary/aromatic N) is 1. The molecule has 32 heavy (non-hydrogen) atoms. The van der Waals surface area contributed by atoms with Gasteiger partial charge in [-0.15, -0.1) is 0 Å². The highest BCUT2D eigenvalue weighted by Crippen LogP contribution is 2.39. The van der Waals surface area contributed by atoms with Crippen molar-refractivity contribution in [3.63, 3.8) is 0 Å². The fourth-order valence-corrected chi connectivity index (χ4v) is 4.77. The van der Waals surface area contributed by atoms with Crippen LogP contribution in [0.4, 0.5) is 0 Å². The van der Waals surface area contributed by atoms with Crippen molar-refractivity contribution >= 4 is 33.4 Å². The fourth-order valence-electron chi connectivity index (χ4n) is 4.59. The molecule has 152 valence electrons. The zero-order valence-electron chi connectivity index (χ0n) is 17.4. The third-order valence-corrected chi connectivity index (χ3v) is 6.30. The monoisotopic (exact) mass is 429 g/mol. The first-order valence-electron chi connectivity index (χ1n) is 10.7. The van der Waals surface area contributed by atoms with E-state index >= 15 is 0 Å². The van der Waals surface area contributed by atoms with Crippen molar-refractivity contribution in [2.24, 2.45) is 0 Å². The van der Waals surface area contributed by atoms with E-state index in [9.17, 15) is 0 Å². The molecule has 0 bridgehead atoms. The molecule has 2 heteroatoms. The van der Waals surface area contributed by atoms with Crippen LogP contribution in [0, 0.1) is 0 Å². The Kier molecular flexibility index (Phi) is 4.56. The highest BCUT2D eigenvalue weighted by Gasteiger charge is 2.16. The molecular formula is C30H20ClN. The lowest BCUT2D eigenvalue weighted by Crippen LogP contribution is -1.95. The van der Waals surface area contributed by atoms with Gasteiger partial charge in [-0.2, -0.15) is 0 Å². The van der Waals surface area contributed by atoms with Crippen molar-refractivity contribution in [3.05, 3.63) is 126 Å². The number of halogens is 1. The van der Waals surface area contributed by atoms with E-state index in [-0.39, 0.29) is 0 Å². The summed E-state index contributed by atoms with van der Waals surface area (Å²) in [5.41, 5.74) is 8.33.